The number of nitrogens with one attached hydrogen (secondary N) is 2. The molecule has 0 bridgehead atoms. The van der Waals surface area contributed by atoms with Crippen LogP contribution in [0.15, 0.2) is 35.2 Å². The minimum Gasteiger partial charge on any atom is -0.394 e. The largest absolute Gasteiger partial charge is 0.394 e. The van der Waals surface area contributed by atoms with Gasteiger partial charge in [-0.2, -0.15) is 0 Å². The molecule has 0 unspecified atom stereocenters. The maximum absolute atomic E-state index is 12.5. The highest BCUT2D eigenvalue weighted by Gasteiger charge is 2.34. The van der Waals surface area contributed by atoms with Crippen LogP contribution in [0.5, 0.6) is 0 Å². The lowest BCUT2D eigenvalue weighted by atomic mass is 9.98. The highest BCUT2D eigenvalue weighted by molar-refractivity contribution is 7.89. The first-order valence-corrected chi connectivity index (χ1v) is 11.0. The summed E-state index contributed by atoms with van der Waals surface area (Å²) >= 11 is 0. The Hall–Kier alpha value is -1.52. The van der Waals surface area contributed by atoms with Crippen LogP contribution < -0.4 is 10.0 Å². The Balaban J connectivity index is 1.83. The van der Waals surface area contributed by atoms with Crippen LogP contribution in [-0.2, 0) is 19.6 Å². The topological polar surface area (TPSA) is 108 Å². The number of sulfonamides is 1. The van der Waals surface area contributed by atoms with Gasteiger partial charge >= 0.3 is 0 Å². The quantitative estimate of drug-likeness (QED) is 0.477. The number of nitrogens with zero attached hydrogens (tertiary/aromatic N) is 1. The molecule has 8 nitrogen and oxygen atoms in total. The zero-order valence-electron chi connectivity index (χ0n) is 16.5. The first-order chi connectivity index (χ1) is 13.3. The van der Waals surface area contributed by atoms with Crippen molar-refractivity contribution in [3.63, 3.8) is 0 Å². The average Bonchev–Trinajstić information content (AvgIpc) is 2.67. The molecular weight excluding hydrogens is 382 g/mol. The molecule has 3 N–H and O–H groups in total. The number of rotatable bonds is 10. The number of amides is 1. The Labute approximate surface area is 167 Å². The minimum absolute atomic E-state index is 0.0937. The number of hydrogen-bond acceptors (Lipinski definition) is 6. The van der Waals surface area contributed by atoms with Gasteiger partial charge in [-0.25, -0.2) is 13.1 Å². The predicted molar refractivity (Wildman–Crippen MR) is 106 cm³/mol. The first kappa shape index (κ1) is 22.8. The Kier molecular flexibility index (Phi) is 8.84. The summed E-state index contributed by atoms with van der Waals surface area (Å²) in [6.07, 6.45) is 1.10. The van der Waals surface area contributed by atoms with Crippen molar-refractivity contribution in [1.29, 1.82) is 0 Å². The van der Waals surface area contributed by atoms with E-state index in [4.69, 9.17) is 4.74 Å². The molecule has 0 aliphatic carbocycles. The van der Waals surface area contributed by atoms with Crippen molar-refractivity contribution in [3.8, 4) is 0 Å². The molecule has 0 saturated carbocycles. The van der Waals surface area contributed by atoms with Crippen molar-refractivity contribution in [2.45, 2.75) is 48.8 Å². The number of ether oxygens (including phenoxy) is 1. The maximum Gasteiger partial charge on any atom is 0.240 e. The summed E-state index contributed by atoms with van der Waals surface area (Å²) in [5.74, 6) is -0.0937. The van der Waals surface area contributed by atoms with Crippen LogP contribution in [0.4, 0.5) is 0 Å². The Morgan fingerprint density at radius 2 is 1.96 bits per heavy atom. The van der Waals surface area contributed by atoms with E-state index < -0.39 is 22.2 Å². The van der Waals surface area contributed by atoms with Gasteiger partial charge in [-0.05, 0) is 52.0 Å². The van der Waals surface area contributed by atoms with Gasteiger partial charge in [0.25, 0.3) is 0 Å². The third-order valence-electron chi connectivity index (χ3n) is 4.67. The van der Waals surface area contributed by atoms with Crippen LogP contribution >= 0.6 is 0 Å². The zero-order valence-corrected chi connectivity index (χ0v) is 17.3. The van der Waals surface area contributed by atoms with Gasteiger partial charge in [-0.3, -0.25) is 4.79 Å². The first-order valence-electron chi connectivity index (χ1n) is 9.57. The predicted octanol–water partition coefficient (Wildman–Crippen LogP) is 0.331. The summed E-state index contributed by atoms with van der Waals surface area (Å²) in [6.45, 7) is 1.19. The molecule has 28 heavy (non-hydrogen) atoms. The summed E-state index contributed by atoms with van der Waals surface area (Å²) in [7, 11) is 0.273. The lowest BCUT2D eigenvalue weighted by Gasteiger charge is -2.35. The van der Waals surface area contributed by atoms with Crippen molar-refractivity contribution in [2.24, 2.45) is 0 Å². The van der Waals surface area contributed by atoms with Gasteiger partial charge in [0.1, 0.15) is 0 Å². The second-order valence-corrected chi connectivity index (χ2v) is 9.02. The Morgan fingerprint density at radius 1 is 1.25 bits per heavy atom. The van der Waals surface area contributed by atoms with Gasteiger partial charge in [0.15, 0.2) is 0 Å². The van der Waals surface area contributed by atoms with E-state index in [1.54, 1.807) is 18.2 Å². The average molecular weight is 414 g/mol. The van der Waals surface area contributed by atoms with Gasteiger partial charge in [0, 0.05) is 6.54 Å². The standard InChI is InChI=1S/C19H31N3O5S/c1-22(2)12-6-11-20-19(24)13-15-9-10-17(18(14-23)27-15)21-28(25,26)16-7-4-3-5-8-16/h3-5,7-8,15,17-18,21,23H,6,9-14H2,1-2H3,(H,20,24)/t15-,17-,18+/m1/s1. The van der Waals surface area contributed by atoms with Crippen LogP contribution in [0, 0.1) is 0 Å². The molecule has 0 radical (unpaired) electrons. The molecule has 1 heterocycles. The molecule has 158 valence electrons. The highest BCUT2D eigenvalue weighted by Crippen LogP contribution is 2.23. The van der Waals surface area contributed by atoms with E-state index in [2.05, 4.69) is 14.9 Å². The van der Waals surface area contributed by atoms with Gasteiger partial charge < -0.3 is 20.1 Å². The number of carbonyl (C=O) groups excluding carboxylic acids is 1. The summed E-state index contributed by atoms with van der Waals surface area (Å²) in [4.78, 5) is 14.3. The number of hydrogen-bond donors (Lipinski definition) is 3. The van der Waals surface area contributed by atoms with Crippen LogP contribution in [0.1, 0.15) is 25.7 Å². The van der Waals surface area contributed by atoms with Crippen LogP contribution in [0.2, 0.25) is 0 Å². The fraction of sp³-hybridized carbons (Fsp3) is 0.632. The van der Waals surface area contributed by atoms with E-state index in [-0.39, 0.29) is 29.9 Å². The zero-order chi connectivity index (χ0) is 20.6. The molecule has 9 heteroatoms. The van der Waals surface area contributed by atoms with E-state index in [0.29, 0.717) is 19.4 Å². The molecule has 1 fully saturated rings. The van der Waals surface area contributed by atoms with E-state index in [1.165, 1.54) is 12.1 Å². The molecule has 1 aromatic carbocycles. The number of carbonyl (C=O) groups is 1. The normalized spacial score (nSPS) is 22.9. The molecule has 1 saturated heterocycles. The van der Waals surface area contributed by atoms with Crippen molar-refractivity contribution < 1.29 is 23.1 Å². The molecular formula is C19H31N3O5S. The summed E-state index contributed by atoms with van der Waals surface area (Å²) in [6, 6.07) is 7.56. The molecule has 1 aliphatic rings. The van der Waals surface area contributed by atoms with E-state index in [1.807, 2.05) is 14.1 Å². The van der Waals surface area contributed by atoms with Crippen molar-refractivity contribution in [1.82, 2.24) is 14.9 Å². The molecule has 3 atom stereocenters. The Bertz CT molecular complexity index is 712. The minimum atomic E-state index is -3.69. The van der Waals surface area contributed by atoms with Crippen molar-refractivity contribution >= 4 is 15.9 Å². The number of aliphatic hydroxyl groups excluding tert-OH is 1. The van der Waals surface area contributed by atoms with Gasteiger partial charge in [-0.15, -0.1) is 0 Å². The number of benzene rings is 1. The molecule has 1 aliphatic heterocycles. The van der Waals surface area contributed by atoms with Gasteiger partial charge in [0.05, 0.1) is 36.2 Å². The monoisotopic (exact) mass is 413 g/mol. The molecule has 1 aromatic rings. The molecule has 0 spiro atoms. The fourth-order valence-electron chi connectivity index (χ4n) is 3.19. The molecule has 1 amide bonds. The summed E-state index contributed by atoms with van der Waals surface area (Å²) < 4.78 is 33.4. The molecule has 2 rings (SSSR count). The third kappa shape index (κ3) is 7.14. The third-order valence-corrected chi connectivity index (χ3v) is 6.18. The van der Waals surface area contributed by atoms with Gasteiger partial charge in [0.2, 0.25) is 15.9 Å². The number of aliphatic hydroxyl groups is 1. The van der Waals surface area contributed by atoms with Crippen LogP contribution in [-0.4, -0.2) is 76.4 Å². The second kappa shape index (κ2) is 10.9. The summed E-state index contributed by atoms with van der Waals surface area (Å²) in [5.41, 5.74) is 0. The fourth-order valence-corrected chi connectivity index (χ4v) is 4.51. The van der Waals surface area contributed by atoms with E-state index in [0.717, 1.165) is 13.0 Å². The lowest BCUT2D eigenvalue weighted by molar-refractivity contribution is -0.130. The van der Waals surface area contributed by atoms with Crippen molar-refractivity contribution in [3.05, 3.63) is 30.3 Å². The van der Waals surface area contributed by atoms with Crippen LogP contribution in [0.25, 0.3) is 0 Å². The van der Waals surface area contributed by atoms with E-state index >= 15 is 0 Å². The maximum atomic E-state index is 12.5. The van der Waals surface area contributed by atoms with Crippen molar-refractivity contribution in [2.75, 3.05) is 33.8 Å². The smallest absolute Gasteiger partial charge is 0.240 e. The van der Waals surface area contributed by atoms with Gasteiger partial charge in [-0.1, -0.05) is 18.2 Å². The summed E-state index contributed by atoms with van der Waals surface area (Å²) in [5, 5.41) is 12.5. The molecule has 0 aromatic heterocycles. The van der Waals surface area contributed by atoms with Crippen LogP contribution in [0.3, 0.4) is 0 Å². The second-order valence-electron chi connectivity index (χ2n) is 7.31. The Morgan fingerprint density at radius 3 is 2.61 bits per heavy atom. The van der Waals surface area contributed by atoms with E-state index in [9.17, 15) is 18.3 Å². The SMILES string of the molecule is CN(C)CCCNC(=O)C[C@H]1CC[C@@H](NS(=O)(=O)c2ccccc2)[C@H](CO)O1. The highest BCUT2D eigenvalue weighted by atomic mass is 32.2. The lowest BCUT2D eigenvalue weighted by Crippen LogP contribution is -2.51.